The molecule has 5 rings (SSSR count). The number of thioether (sulfide) groups is 1. The van der Waals surface area contributed by atoms with Gasteiger partial charge in [-0.2, -0.15) is 4.52 Å². The number of thiophene rings is 1. The molecular weight excluding hydrogens is 474 g/mol. The van der Waals surface area contributed by atoms with Crippen LogP contribution in [0.4, 0.5) is 11.5 Å². The first kappa shape index (κ1) is 20.3. The Kier molecular flexibility index (Phi) is 5.09. The van der Waals surface area contributed by atoms with Gasteiger partial charge in [-0.05, 0) is 54.1 Å². The molecule has 0 saturated carbocycles. The molecule has 5 aromatic rings. The molecule has 0 unspecified atom stereocenters. The Morgan fingerprint density at radius 3 is 2.77 bits per heavy atom. The van der Waals surface area contributed by atoms with Gasteiger partial charge < -0.3 is 5.32 Å². The molecule has 0 fully saturated rings. The average Bonchev–Trinajstić information content (AvgIpc) is 3.41. The van der Waals surface area contributed by atoms with E-state index in [2.05, 4.69) is 20.6 Å². The van der Waals surface area contributed by atoms with Gasteiger partial charge in [0.2, 0.25) is 14.9 Å². The summed E-state index contributed by atoms with van der Waals surface area (Å²) in [5, 5.41) is 13.4. The van der Waals surface area contributed by atoms with Crippen molar-refractivity contribution in [1.82, 2.24) is 19.8 Å². The molecule has 0 saturated heterocycles. The van der Waals surface area contributed by atoms with Crippen molar-refractivity contribution in [2.75, 3.05) is 11.6 Å². The van der Waals surface area contributed by atoms with Gasteiger partial charge in [0.05, 0.1) is 15.1 Å². The molecule has 0 radical (unpaired) electrons. The van der Waals surface area contributed by atoms with Crippen LogP contribution in [-0.2, 0) is 9.84 Å². The predicted molar refractivity (Wildman–Crippen MR) is 125 cm³/mol. The van der Waals surface area contributed by atoms with Crippen LogP contribution in [0.5, 0.6) is 0 Å². The summed E-state index contributed by atoms with van der Waals surface area (Å²) in [5.41, 5.74) is 1.72. The summed E-state index contributed by atoms with van der Waals surface area (Å²) in [4.78, 5) is 5.76. The molecule has 31 heavy (non-hydrogen) atoms. The lowest BCUT2D eigenvalue weighted by molar-refractivity contribution is 0.592. The minimum Gasteiger partial charge on any atom is -0.339 e. The third-order valence-corrected chi connectivity index (χ3v) is 8.13. The van der Waals surface area contributed by atoms with Crippen LogP contribution in [0.2, 0.25) is 5.02 Å². The quantitative estimate of drug-likeness (QED) is 0.337. The normalized spacial score (nSPS) is 11.9. The van der Waals surface area contributed by atoms with Crippen LogP contribution in [-0.4, -0.2) is 34.5 Å². The van der Waals surface area contributed by atoms with Crippen molar-refractivity contribution >= 4 is 71.9 Å². The maximum absolute atomic E-state index is 13.3. The maximum Gasteiger partial charge on any atom is 0.229 e. The Morgan fingerprint density at radius 2 is 1.97 bits per heavy atom. The van der Waals surface area contributed by atoms with Crippen molar-refractivity contribution in [3.8, 4) is 0 Å². The largest absolute Gasteiger partial charge is 0.339 e. The zero-order valence-electron chi connectivity index (χ0n) is 16.0. The third-order valence-electron chi connectivity index (χ3n) is 4.62. The van der Waals surface area contributed by atoms with Crippen LogP contribution in [0.3, 0.4) is 0 Å². The van der Waals surface area contributed by atoms with Gasteiger partial charge in [-0.25, -0.2) is 13.4 Å². The van der Waals surface area contributed by atoms with Crippen LogP contribution < -0.4 is 5.32 Å². The number of anilines is 2. The first-order chi connectivity index (χ1) is 15.0. The average molecular weight is 488 g/mol. The molecule has 0 aliphatic heterocycles. The molecular formula is C20H14ClN5O2S3. The van der Waals surface area contributed by atoms with E-state index < -0.39 is 9.84 Å². The number of hydrogen-bond acceptors (Lipinski definition) is 8. The highest BCUT2D eigenvalue weighted by molar-refractivity contribution is 7.98. The molecule has 3 heterocycles. The Balaban J connectivity index is 1.70. The minimum atomic E-state index is -3.97. The van der Waals surface area contributed by atoms with Crippen molar-refractivity contribution in [3.63, 3.8) is 0 Å². The van der Waals surface area contributed by atoms with Gasteiger partial charge in [-0.15, -0.1) is 28.2 Å². The smallest absolute Gasteiger partial charge is 0.229 e. The van der Waals surface area contributed by atoms with E-state index in [4.69, 9.17) is 11.6 Å². The SMILES string of the molecule is CSc1cccc(Nc2nc3c(S(=O)(=O)c4cccc(Cl)c4)nnn3c3ccsc23)c1. The van der Waals surface area contributed by atoms with E-state index in [1.165, 1.54) is 28.0 Å². The molecule has 1 N–H and O–H groups in total. The molecule has 0 atom stereocenters. The van der Waals surface area contributed by atoms with Gasteiger partial charge in [0.1, 0.15) is 0 Å². The number of nitrogens with one attached hydrogen (secondary N) is 1. The summed E-state index contributed by atoms with van der Waals surface area (Å²) >= 11 is 9.13. The summed E-state index contributed by atoms with van der Waals surface area (Å²) in [5.74, 6) is 0.542. The van der Waals surface area contributed by atoms with Gasteiger partial charge >= 0.3 is 0 Å². The van der Waals surface area contributed by atoms with Crippen molar-refractivity contribution in [3.05, 3.63) is 65.0 Å². The number of nitrogens with zero attached hydrogens (tertiary/aromatic N) is 4. The summed E-state index contributed by atoms with van der Waals surface area (Å²) < 4.78 is 28.8. The van der Waals surface area contributed by atoms with Crippen LogP contribution in [0.15, 0.2) is 74.8 Å². The monoisotopic (exact) mass is 487 g/mol. The lowest BCUT2D eigenvalue weighted by Crippen LogP contribution is -2.05. The summed E-state index contributed by atoms with van der Waals surface area (Å²) in [7, 11) is -3.97. The summed E-state index contributed by atoms with van der Waals surface area (Å²) in [6.45, 7) is 0. The number of rotatable bonds is 5. The van der Waals surface area contributed by atoms with E-state index in [1.54, 1.807) is 23.9 Å². The lowest BCUT2D eigenvalue weighted by atomic mass is 10.3. The second-order valence-corrected chi connectivity index (χ2v) is 10.6. The van der Waals surface area contributed by atoms with E-state index in [9.17, 15) is 8.42 Å². The van der Waals surface area contributed by atoms with Crippen LogP contribution in [0.1, 0.15) is 0 Å². The molecule has 3 aromatic heterocycles. The fourth-order valence-electron chi connectivity index (χ4n) is 3.17. The Morgan fingerprint density at radius 1 is 1.13 bits per heavy atom. The number of hydrogen-bond donors (Lipinski definition) is 1. The zero-order valence-corrected chi connectivity index (χ0v) is 19.2. The molecule has 11 heteroatoms. The topological polar surface area (TPSA) is 89.2 Å². The summed E-state index contributed by atoms with van der Waals surface area (Å²) in [6.07, 6.45) is 2.01. The number of benzene rings is 2. The van der Waals surface area contributed by atoms with Gasteiger partial charge in [0, 0.05) is 15.6 Å². The molecule has 0 aliphatic rings. The zero-order chi connectivity index (χ0) is 21.6. The summed E-state index contributed by atoms with van der Waals surface area (Å²) in [6, 6.07) is 15.8. The lowest BCUT2D eigenvalue weighted by Gasteiger charge is -2.09. The van der Waals surface area contributed by atoms with E-state index in [0.717, 1.165) is 20.8 Å². The predicted octanol–water partition coefficient (Wildman–Crippen LogP) is 5.29. The van der Waals surface area contributed by atoms with E-state index in [1.807, 2.05) is 42.0 Å². The number of fused-ring (bicyclic) bond motifs is 3. The van der Waals surface area contributed by atoms with E-state index in [0.29, 0.717) is 10.8 Å². The molecule has 0 spiro atoms. The number of sulfone groups is 1. The minimum absolute atomic E-state index is 0.0387. The van der Waals surface area contributed by atoms with Crippen molar-refractivity contribution in [2.45, 2.75) is 14.8 Å². The Bertz CT molecular complexity index is 1550. The highest BCUT2D eigenvalue weighted by Gasteiger charge is 2.27. The van der Waals surface area contributed by atoms with Crippen LogP contribution in [0.25, 0.3) is 15.9 Å². The van der Waals surface area contributed by atoms with Crippen molar-refractivity contribution < 1.29 is 8.42 Å². The van der Waals surface area contributed by atoms with Crippen LogP contribution >= 0.6 is 34.7 Å². The molecule has 0 amide bonds. The molecule has 156 valence electrons. The Hall–Kier alpha value is -2.66. The molecule has 7 nitrogen and oxygen atoms in total. The third kappa shape index (κ3) is 3.55. The van der Waals surface area contributed by atoms with Gasteiger partial charge in [0.15, 0.2) is 11.5 Å². The van der Waals surface area contributed by atoms with Gasteiger partial charge in [0.25, 0.3) is 0 Å². The molecule has 0 aliphatic carbocycles. The number of halogens is 1. The molecule has 2 aromatic carbocycles. The highest BCUT2D eigenvalue weighted by Crippen LogP contribution is 2.33. The first-order valence-corrected chi connectivity index (χ1v) is 13.0. The van der Waals surface area contributed by atoms with Crippen molar-refractivity contribution in [2.24, 2.45) is 0 Å². The first-order valence-electron chi connectivity index (χ1n) is 9.02. The van der Waals surface area contributed by atoms with Crippen LogP contribution in [0, 0.1) is 0 Å². The Labute approximate surface area is 191 Å². The molecule has 0 bridgehead atoms. The van der Waals surface area contributed by atoms with Gasteiger partial charge in [-0.3, -0.25) is 0 Å². The second kappa shape index (κ2) is 7.79. The fraction of sp³-hybridized carbons (Fsp3) is 0.0500. The highest BCUT2D eigenvalue weighted by atomic mass is 35.5. The standard InChI is InChI=1S/C20H14ClN5O2S3/c1-29-14-6-3-5-13(11-14)22-18-17-16(8-9-30-17)26-19(23-18)20(24-25-26)31(27,28)15-7-2-4-12(21)10-15/h2-11H,1H3,(H,22,23). The van der Waals surface area contributed by atoms with E-state index >= 15 is 0 Å². The van der Waals surface area contributed by atoms with Crippen molar-refractivity contribution in [1.29, 1.82) is 0 Å². The van der Waals surface area contributed by atoms with Gasteiger partial charge in [-0.1, -0.05) is 28.9 Å². The number of aromatic nitrogens is 4. The second-order valence-electron chi connectivity index (χ2n) is 6.54. The maximum atomic E-state index is 13.3. The fourth-order valence-corrected chi connectivity index (χ4v) is 5.98. The van der Waals surface area contributed by atoms with E-state index in [-0.39, 0.29) is 15.6 Å².